The van der Waals surface area contributed by atoms with E-state index < -0.39 is 0 Å². The fraction of sp³-hybridized carbons (Fsp3) is 0.300. The smallest absolute Gasteiger partial charge is 0.259 e. The van der Waals surface area contributed by atoms with Gasteiger partial charge in [0.05, 0.1) is 12.2 Å². The van der Waals surface area contributed by atoms with Crippen molar-refractivity contribution in [2.45, 2.75) is 26.2 Å². The molecule has 0 aliphatic rings. The summed E-state index contributed by atoms with van der Waals surface area (Å²) in [7, 11) is 1.63. The van der Waals surface area contributed by atoms with Gasteiger partial charge in [0.25, 0.3) is 5.91 Å². The predicted molar refractivity (Wildman–Crippen MR) is 107 cm³/mol. The highest BCUT2D eigenvalue weighted by Gasteiger charge is 2.14. The fourth-order valence-electron chi connectivity index (χ4n) is 2.35. The van der Waals surface area contributed by atoms with E-state index in [-0.39, 0.29) is 11.8 Å². The van der Waals surface area contributed by atoms with Crippen LogP contribution in [-0.2, 0) is 11.2 Å². The van der Waals surface area contributed by atoms with E-state index in [9.17, 15) is 9.59 Å². The average molecular weight is 419 g/mol. The monoisotopic (exact) mass is 418 g/mol. The molecule has 2 aromatic carbocycles. The van der Waals surface area contributed by atoms with Gasteiger partial charge in [-0.25, -0.2) is 0 Å². The first-order chi connectivity index (χ1) is 12.5. The van der Waals surface area contributed by atoms with E-state index in [4.69, 9.17) is 4.74 Å². The highest BCUT2D eigenvalue weighted by molar-refractivity contribution is 9.10. The largest absolute Gasteiger partial charge is 0.493 e. The molecule has 2 amide bonds. The van der Waals surface area contributed by atoms with Crippen LogP contribution in [-0.4, -0.2) is 25.5 Å². The third-order valence-electron chi connectivity index (χ3n) is 3.78. The SMILES string of the molecule is CCCOc1ccc(Br)cc1C(=O)Nc1ccc(CCC(=O)NC)cc1. The molecule has 0 atom stereocenters. The number of amides is 2. The van der Waals surface area contributed by atoms with Gasteiger partial charge in [-0.3, -0.25) is 9.59 Å². The number of nitrogens with one attached hydrogen (secondary N) is 2. The molecule has 5 nitrogen and oxygen atoms in total. The second-order valence-corrected chi connectivity index (χ2v) is 6.73. The van der Waals surface area contributed by atoms with E-state index in [0.29, 0.717) is 36.4 Å². The van der Waals surface area contributed by atoms with Crippen LogP contribution >= 0.6 is 15.9 Å². The molecule has 0 spiro atoms. The maximum atomic E-state index is 12.6. The molecule has 2 rings (SSSR count). The number of benzene rings is 2. The van der Waals surface area contributed by atoms with Gasteiger partial charge in [-0.05, 0) is 48.7 Å². The lowest BCUT2D eigenvalue weighted by atomic mass is 10.1. The number of carbonyl (C=O) groups is 2. The van der Waals surface area contributed by atoms with Crippen molar-refractivity contribution in [3.63, 3.8) is 0 Å². The molecule has 0 fully saturated rings. The molecular weight excluding hydrogens is 396 g/mol. The zero-order chi connectivity index (χ0) is 18.9. The third kappa shape index (κ3) is 5.88. The quantitative estimate of drug-likeness (QED) is 0.675. The summed E-state index contributed by atoms with van der Waals surface area (Å²) in [6.45, 7) is 2.58. The fourth-order valence-corrected chi connectivity index (χ4v) is 2.71. The van der Waals surface area contributed by atoms with Crippen LogP contribution in [0.3, 0.4) is 0 Å². The Bertz CT molecular complexity index is 760. The molecule has 138 valence electrons. The van der Waals surface area contributed by atoms with E-state index in [1.807, 2.05) is 37.3 Å². The standard InChI is InChI=1S/C20H23BrN2O3/c1-3-12-26-18-10-7-15(21)13-17(18)20(25)23-16-8-4-14(5-9-16)6-11-19(24)22-2/h4-5,7-10,13H,3,6,11-12H2,1-2H3,(H,22,24)(H,23,25). The summed E-state index contributed by atoms with van der Waals surface area (Å²) in [6, 6.07) is 12.9. The van der Waals surface area contributed by atoms with Crippen molar-refractivity contribution in [3.8, 4) is 5.75 Å². The zero-order valence-electron chi connectivity index (χ0n) is 15.0. The number of aryl methyl sites for hydroxylation is 1. The average Bonchev–Trinajstić information content (AvgIpc) is 2.66. The Kier molecular flexibility index (Phi) is 7.66. The van der Waals surface area contributed by atoms with Crippen LogP contribution in [0.15, 0.2) is 46.9 Å². The molecule has 0 bridgehead atoms. The molecule has 26 heavy (non-hydrogen) atoms. The Hall–Kier alpha value is -2.34. The van der Waals surface area contributed by atoms with Gasteiger partial charge in [0.1, 0.15) is 5.75 Å². The van der Waals surface area contributed by atoms with Crippen LogP contribution < -0.4 is 15.4 Å². The first-order valence-corrected chi connectivity index (χ1v) is 9.36. The molecule has 2 N–H and O–H groups in total. The summed E-state index contributed by atoms with van der Waals surface area (Å²) in [6.07, 6.45) is 1.97. The van der Waals surface area contributed by atoms with Crippen molar-refractivity contribution in [3.05, 3.63) is 58.1 Å². The number of hydrogen-bond donors (Lipinski definition) is 2. The van der Waals surface area contributed by atoms with Crippen LogP contribution in [0.1, 0.15) is 35.7 Å². The van der Waals surface area contributed by atoms with E-state index in [1.54, 1.807) is 19.2 Å². The molecule has 0 aliphatic heterocycles. The third-order valence-corrected chi connectivity index (χ3v) is 4.27. The summed E-state index contributed by atoms with van der Waals surface area (Å²) in [5.41, 5.74) is 2.22. The van der Waals surface area contributed by atoms with Crippen molar-refractivity contribution < 1.29 is 14.3 Å². The summed E-state index contributed by atoms with van der Waals surface area (Å²) in [4.78, 5) is 23.9. The topological polar surface area (TPSA) is 67.4 Å². The first kappa shape index (κ1) is 20.0. The lowest BCUT2D eigenvalue weighted by molar-refractivity contribution is -0.120. The second-order valence-electron chi connectivity index (χ2n) is 5.81. The van der Waals surface area contributed by atoms with Gasteiger partial charge in [0.15, 0.2) is 0 Å². The molecule has 0 radical (unpaired) electrons. The van der Waals surface area contributed by atoms with Gasteiger partial charge in [-0.1, -0.05) is 35.0 Å². The van der Waals surface area contributed by atoms with Gasteiger partial charge in [-0.15, -0.1) is 0 Å². The number of ether oxygens (including phenoxy) is 1. The molecule has 6 heteroatoms. The first-order valence-electron chi connectivity index (χ1n) is 8.56. The van der Waals surface area contributed by atoms with Crippen LogP contribution in [0.4, 0.5) is 5.69 Å². The van der Waals surface area contributed by atoms with E-state index in [0.717, 1.165) is 16.5 Å². The van der Waals surface area contributed by atoms with Crippen molar-refractivity contribution >= 4 is 33.4 Å². The van der Waals surface area contributed by atoms with Gasteiger partial charge >= 0.3 is 0 Å². The van der Waals surface area contributed by atoms with Gasteiger partial charge in [0.2, 0.25) is 5.91 Å². The van der Waals surface area contributed by atoms with Gasteiger partial charge < -0.3 is 15.4 Å². The van der Waals surface area contributed by atoms with E-state index >= 15 is 0 Å². The lowest BCUT2D eigenvalue weighted by Gasteiger charge is -2.12. The van der Waals surface area contributed by atoms with Crippen LogP contribution in [0.25, 0.3) is 0 Å². The van der Waals surface area contributed by atoms with Crippen LogP contribution in [0.5, 0.6) is 5.75 Å². The van der Waals surface area contributed by atoms with Gasteiger partial charge in [-0.2, -0.15) is 0 Å². The molecule has 0 heterocycles. The Balaban J connectivity index is 2.05. The van der Waals surface area contributed by atoms with E-state index in [2.05, 4.69) is 26.6 Å². The highest BCUT2D eigenvalue weighted by atomic mass is 79.9. The van der Waals surface area contributed by atoms with Crippen LogP contribution in [0.2, 0.25) is 0 Å². The Morgan fingerprint density at radius 3 is 2.50 bits per heavy atom. The number of carbonyl (C=O) groups excluding carboxylic acids is 2. The summed E-state index contributed by atoms with van der Waals surface area (Å²) in [5.74, 6) is 0.349. The number of rotatable bonds is 8. The minimum Gasteiger partial charge on any atom is -0.493 e. The number of anilines is 1. The number of halogens is 1. The minimum atomic E-state index is -0.226. The second kappa shape index (κ2) is 9.97. The van der Waals surface area contributed by atoms with Crippen molar-refractivity contribution in [2.24, 2.45) is 0 Å². The summed E-state index contributed by atoms with van der Waals surface area (Å²) >= 11 is 3.39. The normalized spacial score (nSPS) is 10.3. The molecule has 0 saturated carbocycles. The molecule has 2 aromatic rings. The lowest BCUT2D eigenvalue weighted by Crippen LogP contribution is -2.17. The van der Waals surface area contributed by atoms with E-state index in [1.165, 1.54) is 0 Å². The highest BCUT2D eigenvalue weighted by Crippen LogP contribution is 2.25. The van der Waals surface area contributed by atoms with Crippen molar-refractivity contribution in [2.75, 3.05) is 19.0 Å². The molecule has 0 saturated heterocycles. The molecule has 0 aromatic heterocycles. The molecule has 0 aliphatic carbocycles. The minimum absolute atomic E-state index is 0.0108. The Labute approximate surface area is 162 Å². The summed E-state index contributed by atoms with van der Waals surface area (Å²) in [5, 5.41) is 5.49. The summed E-state index contributed by atoms with van der Waals surface area (Å²) < 4.78 is 6.48. The Morgan fingerprint density at radius 2 is 1.85 bits per heavy atom. The van der Waals surface area contributed by atoms with Crippen molar-refractivity contribution in [1.82, 2.24) is 5.32 Å². The molecule has 0 unspecified atom stereocenters. The van der Waals surface area contributed by atoms with Gasteiger partial charge in [0, 0.05) is 23.6 Å². The zero-order valence-corrected chi connectivity index (χ0v) is 16.6. The maximum Gasteiger partial charge on any atom is 0.259 e. The number of hydrogen-bond acceptors (Lipinski definition) is 3. The molecular formula is C20H23BrN2O3. The Morgan fingerprint density at radius 1 is 1.12 bits per heavy atom. The predicted octanol–water partition coefficient (Wildman–Crippen LogP) is 4.17. The van der Waals surface area contributed by atoms with Crippen molar-refractivity contribution in [1.29, 1.82) is 0 Å². The maximum absolute atomic E-state index is 12.6. The van der Waals surface area contributed by atoms with Crippen LogP contribution in [0, 0.1) is 0 Å².